The summed E-state index contributed by atoms with van der Waals surface area (Å²) in [5.41, 5.74) is 8.21. The molecule has 0 radical (unpaired) electrons. The van der Waals surface area contributed by atoms with Gasteiger partial charge in [-0.15, -0.1) is 0 Å². The first-order valence-electron chi connectivity index (χ1n) is 7.90. The Balaban J connectivity index is 2.08. The molecule has 0 aliphatic carbocycles. The fourth-order valence-electron chi connectivity index (χ4n) is 2.25. The predicted molar refractivity (Wildman–Crippen MR) is 114 cm³/mol. The van der Waals surface area contributed by atoms with Gasteiger partial charge in [-0.3, -0.25) is 20.3 Å². The second-order valence-corrected chi connectivity index (χ2v) is 6.60. The lowest BCUT2D eigenvalue weighted by molar-refractivity contribution is 0.630. The van der Waals surface area contributed by atoms with Crippen LogP contribution in [0.3, 0.4) is 0 Å². The lowest BCUT2D eigenvalue weighted by Crippen LogP contribution is -2.48. The van der Waals surface area contributed by atoms with Crippen molar-refractivity contribution >= 4 is 40.3 Å². The van der Waals surface area contributed by atoms with Crippen molar-refractivity contribution in [3.05, 3.63) is 58.5 Å². The van der Waals surface area contributed by atoms with Crippen molar-refractivity contribution in [1.29, 1.82) is 0 Å². The van der Waals surface area contributed by atoms with Crippen LogP contribution in [0.25, 0.3) is 5.69 Å². The highest BCUT2D eigenvalue weighted by Gasteiger charge is 2.16. The maximum absolute atomic E-state index is 12.8. The van der Waals surface area contributed by atoms with Crippen LogP contribution in [-0.4, -0.2) is 26.1 Å². The highest BCUT2D eigenvalue weighted by molar-refractivity contribution is 7.80. The molecule has 0 saturated heterocycles. The Morgan fingerprint density at radius 1 is 1.15 bits per heavy atom. The summed E-state index contributed by atoms with van der Waals surface area (Å²) in [6, 6.07) is 9.40. The standard InChI is InChI=1S/C17H22N6OS2/c1-11(2)10-18-16(25)20-21-17(26)19-14-12(3)22(4)23(15(14)24)13-8-6-5-7-9-13/h5-9H,1,10H2,2-4H3,(H2,18,20,25)(H2,19,21,26). The van der Waals surface area contributed by atoms with Gasteiger partial charge in [0.15, 0.2) is 10.2 Å². The van der Waals surface area contributed by atoms with E-state index in [1.165, 1.54) is 0 Å². The third-order valence-electron chi connectivity index (χ3n) is 3.63. The van der Waals surface area contributed by atoms with Crippen molar-refractivity contribution in [3.8, 4) is 5.69 Å². The van der Waals surface area contributed by atoms with Crippen LogP contribution in [0.5, 0.6) is 0 Å². The number of benzene rings is 1. The Kier molecular flexibility index (Phi) is 6.53. The maximum atomic E-state index is 12.8. The predicted octanol–water partition coefficient (Wildman–Crippen LogP) is 1.73. The van der Waals surface area contributed by atoms with E-state index in [0.29, 0.717) is 17.3 Å². The number of hydrazine groups is 1. The van der Waals surface area contributed by atoms with Gasteiger partial charge in [-0.2, -0.15) is 0 Å². The molecule has 0 amide bonds. The van der Waals surface area contributed by atoms with Crippen LogP contribution in [0.2, 0.25) is 0 Å². The number of hydrogen-bond donors (Lipinski definition) is 4. The van der Waals surface area contributed by atoms with Crippen molar-refractivity contribution in [1.82, 2.24) is 25.5 Å². The Bertz CT molecular complexity index is 885. The minimum Gasteiger partial charge on any atom is -0.358 e. The maximum Gasteiger partial charge on any atom is 0.295 e. The van der Waals surface area contributed by atoms with Crippen molar-refractivity contribution in [2.75, 3.05) is 11.9 Å². The van der Waals surface area contributed by atoms with Crippen molar-refractivity contribution in [3.63, 3.8) is 0 Å². The summed E-state index contributed by atoms with van der Waals surface area (Å²) in [5, 5.41) is 6.50. The van der Waals surface area contributed by atoms with Crippen LogP contribution in [0.1, 0.15) is 12.6 Å². The van der Waals surface area contributed by atoms with E-state index in [1.54, 1.807) is 9.36 Å². The third-order valence-corrected chi connectivity index (χ3v) is 4.08. The highest BCUT2D eigenvalue weighted by Crippen LogP contribution is 2.13. The summed E-state index contributed by atoms with van der Waals surface area (Å²) in [5.74, 6) is 0. The average Bonchev–Trinajstić information content (AvgIpc) is 2.82. The van der Waals surface area contributed by atoms with E-state index in [9.17, 15) is 4.79 Å². The molecular formula is C17H22N6OS2. The molecule has 0 saturated carbocycles. The summed E-state index contributed by atoms with van der Waals surface area (Å²) in [7, 11) is 1.82. The quantitative estimate of drug-likeness (QED) is 0.360. The molecule has 0 unspecified atom stereocenters. The molecule has 0 spiro atoms. The molecule has 1 aromatic carbocycles. The van der Waals surface area contributed by atoms with Crippen molar-refractivity contribution < 1.29 is 0 Å². The van der Waals surface area contributed by atoms with Gasteiger partial charge in [0.25, 0.3) is 5.56 Å². The molecule has 0 atom stereocenters. The number of nitrogens with zero attached hydrogens (tertiary/aromatic N) is 2. The molecule has 1 aromatic heterocycles. The third kappa shape index (κ3) is 4.70. The minimum atomic E-state index is -0.191. The molecule has 9 heteroatoms. The van der Waals surface area contributed by atoms with E-state index in [-0.39, 0.29) is 10.7 Å². The zero-order chi connectivity index (χ0) is 19.3. The minimum absolute atomic E-state index is 0.191. The first kappa shape index (κ1) is 19.7. The van der Waals surface area contributed by atoms with Crippen molar-refractivity contribution in [2.45, 2.75) is 13.8 Å². The molecule has 1 heterocycles. The number of hydrogen-bond acceptors (Lipinski definition) is 3. The van der Waals surface area contributed by atoms with Gasteiger partial charge in [0.2, 0.25) is 0 Å². The molecule has 138 valence electrons. The summed E-state index contributed by atoms with van der Waals surface area (Å²) >= 11 is 10.3. The fourth-order valence-corrected chi connectivity index (χ4v) is 2.52. The smallest absolute Gasteiger partial charge is 0.295 e. The Labute approximate surface area is 163 Å². The Morgan fingerprint density at radius 3 is 2.38 bits per heavy atom. The molecule has 26 heavy (non-hydrogen) atoms. The topological polar surface area (TPSA) is 75.0 Å². The number of thiocarbonyl (C=S) groups is 2. The molecule has 0 bridgehead atoms. The second-order valence-electron chi connectivity index (χ2n) is 5.78. The molecule has 2 aromatic rings. The number of para-hydroxylation sites is 1. The molecule has 2 rings (SSSR count). The van der Waals surface area contributed by atoms with Gasteiger partial charge in [0.05, 0.1) is 11.4 Å². The van der Waals surface area contributed by atoms with Crippen LogP contribution in [0, 0.1) is 6.92 Å². The van der Waals surface area contributed by atoms with Gasteiger partial charge in [-0.1, -0.05) is 30.4 Å². The van der Waals surface area contributed by atoms with Crippen LogP contribution in [0.4, 0.5) is 5.69 Å². The van der Waals surface area contributed by atoms with Crippen molar-refractivity contribution in [2.24, 2.45) is 7.05 Å². The van der Waals surface area contributed by atoms with Crippen LogP contribution < -0.4 is 27.0 Å². The molecule has 4 N–H and O–H groups in total. The Hall–Kier alpha value is -2.65. The van der Waals surface area contributed by atoms with E-state index in [2.05, 4.69) is 28.1 Å². The van der Waals surface area contributed by atoms with Gasteiger partial charge in [-0.05, 0) is 50.4 Å². The van der Waals surface area contributed by atoms with Gasteiger partial charge >= 0.3 is 0 Å². The van der Waals surface area contributed by atoms with Gasteiger partial charge in [-0.25, -0.2) is 4.68 Å². The van der Waals surface area contributed by atoms with E-state index >= 15 is 0 Å². The van der Waals surface area contributed by atoms with E-state index in [0.717, 1.165) is 17.0 Å². The molecular weight excluding hydrogens is 368 g/mol. The first-order valence-corrected chi connectivity index (χ1v) is 8.72. The summed E-state index contributed by atoms with van der Waals surface area (Å²) < 4.78 is 3.35. The monoisotopic (exact) mass is 390 g/mol. The first-order chi connectivity index (χ1) is 12.3. The van der Waals surface area contributed by atoms with Gasteiger partial charge in [0.1, 0.15) is 5.69 Å². The molecule has 0 fully saturated rings. The van der Waals surface area contributed by atoms with E-state index in [4.69, 9.17) is 24.4 Å². The lowest BCUT2D eigenvalue weighted by atomic mass is 10.3. The SMILES string of the molecule is C=C(C)CNC(=S)NNC(=S)Nc1c(C)n(C)n(-c2ccccc2)c1=O. The van der Waals surface area contributed by atoms with Gasteiger partial charge < -0.3 is 10.6 Å². The number of aromatic nitrogens is 2. The number of anilines is 1. The van der Waals surface area contributed by atoms with Gasteiger partial charge in [0, 0.05) is 13.6 Å². The zero-order valence-electron chi connectivity index (χ0n) is 14.9. The second kappa shape index (κ2) is 8.63. The Morgan fingerprint density at radius 2 is 1.77 bits per heavy atom. The van der Waals surface area contributed by atoms with Crippen LogP contribution >= 0.6 is 24.4 Å². The normalized spacial score (nSPS) is 10.1. The van der Waals surface area contributed by atoms with E-state index in [1.807, 2.05) is 51.2 Å². The molecule has 0 aliphatic rings. The largest absolute Gasteiger partial charge is 0.358 e. The van der Waals surface area contributed by atoms with E-state index < -0.39 is 0 Å². The molecule has 7 nitrogen and oxygen atoms in total. The highest BCUT2D eigenvalue weighted by atomic mass is 32.1. The molecule has 0 aliphatic heterocycles. The number of nitrogens with one attached hydrogen (secondary N) is 4. The summed E-state index contributed by atoms with van der Waals surface area (Å²) in [6.07, 6.45) is 0. The van der Waals surface area contributed by atoms with Crippen LogP contribution in [0.15, 0.2) is 47.3 Å². The lowest BCUT2D eigenvalue weighted by Gasteiger charge is -2.13. The zero-order valence-corrected chi connectivity index (χ0v) is 16.6. The number of rotatable bonds is 4. The fraction of sp³-hybridized carbons (Fsp3) is 0.235. The summed E-state index contributed by atoms with van der Waals surface area (Å²) in [6.45, 7) is 8.09. The average molecular weight is 391 g/mol. The summed E-state index contributed by atoms with van der Waals surface area (Å²) in [4.78, 5) is 12.8. The van der Waals surface area contributed by atoms with Crippen LogP contribution in [-0.2, 0) is 7.05 Å².